The van der Waals surface area contributed by atoms with Crippen LogP contribution in [0.15, 0.2) is 41.2 Å². The molecule has 0 bridgehead atoms. The van der Waals surface area contributed by atoms with Crippen molar-refractivity contribution >= 4 is 15.9 Å². The molecule has 16 heavy (non-hydrogen) atoms. The summed E-state index contributed by atoms with van der Waals surface area (Å²) in [6, 6.07) is 5.63. The number of furan rings is 1. The maximum Gasteiger partial charge on any atom is 0.129 e. The van der Waals surface area contributed by atoms with E-state index in [-0.39, 0.29) is 16.8 Å². The number of alkyl halides is 1. The summed E-state index contributed by atoms with van der Waals surface area (Å²) in [7, 11) is 0. The Hall–Kier alpha value is -1.16. The van der Waals surface area contributed by atoms with Crippen molar-refractivity contribution in [3.8, 4) is 0 Å². The highest BCUT2D eigenvalue weighted by Gasteiger charge is 2.15. The Balaban J connectivity index is 2.21. The highest BCUT2D eigenvalue weighted by molar-refractivity contribution is 9.09. The molecule has 1 nitrogen and oxygen atoms in total. The minimum absolute atomic E-state index is 0.0885. The summed E-state index contributed by atoms with van der Waals surface area (Å²) < 4.78 is 31.7. The molecule has 0 aliphatic carbocycles. The molecule has 1 aromatic heterocycles. The summed E-state index contributed by atoms with van der Waals surface area (Å²) in [4.78, 5) is -0.155. The zero-order chi connectivity index (χ0) is 11.5. The van der Waals surface area contributed by atoms with Gasteiger partial charge in [0.1, 0.15) is 11.6 Å². The monoisotopic (exact) mass is 286 g/mol. The summed E-state index contributed by atoms with van der Waals surface area (Å²) in [6.07, 6.45) is 3.33. The largest absolute Gasteiger partial charge is 0.472 e. The molecule has 0 fully saturated rings. The van der Waals surface area contributed by atoms with Crippen molar-refractivity contribution in [1.29, 1.82) is 0 Å². The van der Waals surface area contributed by atoms with Gasteiger partial charge < -0.3 is 4.42 Å². The van der Waals surface area contributed by atoms with E-state index in [1.54, 1.807) is 12.3 Å². The molecule has 1 atom stereocenters. The zero-order valence-corrected chi connectivity index (χ0v) is 9.88. The van der Waals surface area contributed by atoms with Gasteiger partial charge in [-0.25, -0.2) is 8.78 Å². The number of halogens is 3. The molecule has 2 aromatic rings. The van der Waals surface area contributed by atoms with Crippen LogP contribution in [0.25, 0.3) is 0 Å². The Kier molecular flexibility index (Phi) is 3.39. The Morgan fingerprint density at radius 3 is 2.44 bits per heavy atom. The fourth-order valence-corrected chi connectivity index (χ4v) is 2.06. The molecule has 0 amide bonds. The van der Waals surface area contributed by atoms with Crippen LogP contribution in [0.4, 0.5) is 8.78 Å². The first-order valence-electron chi connectivity index (χ1n) is 4.77. The average molecular weight is 287 g/mol. The van der Waals surface area contributed by atoms with E-state index in [2.05, 4.69) is 15.9 Å². The van der Waals surface area contributed by atoms with Gasteiger partial charge in [0, 0.05) is 16.0 Å². The summed E-state index contributed by atoms with van der Waals surface area (Å²) in [5.41, 5.74) is 0.952. The van der Waals surface area contributed by atoms with E-state index in [0.717, 1.165) is 5.56 Å². The highest BCUT2D eigenvalue weighted by atomic mass is 79.9. The minimum Gasteiger partial charge on any atom is -0.472 e. The standard InChI is InChI=1S/C12H9BrF2O/c13-10(8-4-5-16-7-8)6-9-11(14)2-1-3-12(9)15/h1-5,7,10H,6H2. The van der Waals surface area contributed by atoms with Crippen molar-refractivity contribution in [1.82, 2.24) is 0 Å². The molecule has 0 aliphatic rings. The van der Waals surface area contributed by atoms with Gasteiger partial charge in [-0.1, -0.05) is 22.0 Å². The van der Waals surface area contributed by atoms with Crippen LogP contribution in [0, 0.1) is 11.6 Å². The fourth-order valence-electron chi connectivity index (χ4n) is 1.48. The van der Waals surface area contributed by atoms with Crippen molar-refractivity contribution in [2.45, 2.75) is 11.2 Å². The van der Waals surface area contributed by atoms with Crippen LogP contribution in [0.3, 0.4) is 0 Å². The first-order valence-corrected chi connectivity index (χ1v) is 5.69. The molecule has 1 unspecified atom stereocenters. The fraction of sp³-hybridized carbons (Fsp3) is 0.167. The first-order chi connectivity index (χ1) is 7.68. The summed E-state index contributed by atoms with van der Waals surface area (Å²) >= 11 is 3.38. The van der Waals surface area contributed by atoms with Crippen LogP contribution < -0.4 is 0 Å². The van der Waals surface area contributed by atoms with Crippen LogP contribution in [0.1, 0.15) is 16.0 Å². The van der Waals surface area contributed by atoms with Gasteiger partial charge in [0.25, 0.3) is 0 Å². The van der Waals surface area contributed by atoms with E-state index in [0.29, 0.717) is 0 Å². The third-order valence-corrected chi connectivity index (χ3v) is 3.20. The molecular formula is C12H9BrF2O. The lowest BCUT2D eigenvalue weighted by Crippen LogP contribution is -2.00. The van der Waals surface area contributed by atoms with Gasteiger partial charge in [-0.15, -0.1) is 0 Å². The Bertz CT molecular complexity index is 448. The average Bonchev–Trinajstić information content (AvgIpc) is 2.76. The SMILES string of the molecule is Fc1cccc(F)c1CC(Br)c1ccoc1. The van der Waals surface area contributed by atoms with Crippen LogP contribution in [-0.4, -0.2) is 0 Å². The predicted molar refractivity (Wildman–Crippen MR) is 60.4 cm³/mol. The van der Waals surface area contributed by atoms with Crippen molar-refractivity contribution in [3.63, 3.8) is 0 Å². The van der Waals surface area contributed by atoms with Gasteiger partial charge in [-0.2, -0.15) is 0 Å². The summed E-state index contributed by atoms with van der Waals surface area (Å²) in [5.74, 6) is -1.04. The van der Waals surface area contributed by atoms with E-state index >= 15 is 0 Å². The number of rotatable bonds is 3. The lowest BCUT2D eigenvalue weighted by Gasteiger charge is -2.09. The molecule has 0 spiro atoms. The molecule has 84 valence electrons. The minimum atomic E-state index is -0.520. The van der Waals surface area contributed by atoms with Crippen molar-refractivity contribution in [2.24, 2.45) is 0 Å². The van der Waals surface area contributed by atoms with Gasteiger partial charge >= 0.3 is 0 Å². The number of hydrogen-bond donors (Lipinski definition) is 0. The Morgan fingerprint density at radius 1 is 1.19 bits per heavy atom. The van der Waals surface area contributed by atoms with Gasteiger partial charge in [-0.3, -0.25) is 0 Å². The van der Waals surface area contributed by atoms with E-state index < -0.39 is 11.6 Å². The zero-order valence-electron chi connectivity index (χ0n) is 8.29. The second-order valence-corrected chi connectivity index (χ2v) is 4.53. The van der Waals surface area contributed by atoms with Gasteiger partial charge in [0.05, 0.1) is 12.5 Å². The first kappa shape index (κ1) is 11.3. The second kappa shape index (κ2) is 4.78. The third-order valence-electron chi connectivity index (χ3n) is 2.35. The van der Waals surface area contributed by atoms with Crippen LogP contribution in [-0.2, 0) is 6.42 Å². The molecule has 0 N–H and O–H groups in total. The van der Waals surface area contributed by atoms with E-state index in [4.69, 9.17) is 4.42 Å². The van der Waals surface area contributed by atoms with Crippen LogP contribution in [0.2, 0.25) is 0 Å². The highest BCUT2D eigenvalue weighted by Crippen LogP contribution is 2.29. The molecule has 0 aliphatic heterocycles. The topological polar surface area (TPSA) is 13.1 Å². The van der Waals surface area contributed by atoms with Gasteiger partial charge in [0.2, 0.25) is 0 Å². The maximum atomic E-state index is 13.4. The molecule has 0 radical (unpaired) electrons. The third kappa shape index (κ3) is 2.32. The Labute approximate surface area is 100 Å². The molecule has 1 aromatic carbocycles. The summed E-state index contributed by atoms with van der Waals surface area (Å²) in [6.45, 7) is 0. The molecule has 1 heterocycles. The number of benzene rings is 1. The predicted octanol–water partition coefficient (Wildman–Crippen LogP) is 4.24. The van der Waals surface area contributed by atoms with Crippen LogP contribution in [0.5, 0.6) is 0 Å². The number of hydrogen-bond acceptors (Lipinski definition) is 1. The van der Waals surface area contributed by atoms with Crippen LogP contribution >= 0.6 is 15.9 Å². The molecule has 2 rings (SSSR count). The Morgan fingerprint density at radius 2 is 1.88 bits per heavy atom. The quantitative estimate of drug-likeness (QED) is 0.770. The van der Waals surface area contributed by atoms with E-state index in [1.165, 1.54) is 24.5 Å². The molecule has 4 heteroatoms. The normalized spacial score (nSPS) is 12.7. The van der Waals surface area contributed by atoms with Crippen molar-refractivity contribution in [2.75, 3.05) is 0 Å². The molecular weight excluding hydrogens is 278 g/mol. The van der Waals surface area contributed by atoms with Crippen molar-refractivity contribution in [3.05, 3.63) is 59.6 Å². The lowest BCUT2D eigenvalue weighted by molar-refractivity contribution is 0.550. The lowest BCUT2D eigenvalue weighted by atomic mass is 10.1. The van der Waals surface area contributed by atoms with Crippen molar-refractivity contribution < 1.29 is 13.2 Å². The van der Waals surface area contributed by atoms with Gasteiger partial charge in [0.15, 0.2) is 0 Å². The molecule has 0 saturated heterocycles. The summed E-state index contributed by atoms with van der Waals surface area (Å²) in [5, 5.41) is 0. The van der Waals surface area contributed by atoms with E-state index in [1.807, 2.05) is 0 Å². The molecule has 0 saturated carbocycles. The smallest absolute Gasteiger partial charge is 0.129 e. The van der Waals surface area contributed by atoms with Gasteiger partial charge in [-0.05, 0) is 24.6 Å². The van der Waals surface area contributed by atoms with E-state index in [9.17, 15) is 8.78 Å². The maximum absolute atomic E-state index is 13.4. The second-order valence-electron chi connectivity index (χ2n) is 3.43.